The number of halogens is 1. The second kappa shape index (κ2) is 3.08. The molecule has 10 heavy (non-hydrogen) atoms. The van der Waals surface area contributed by atoms with Crippen LogP contribution in [-0.2, 0) is 0 Å². The van der Waals surface area contributed by atoms with Gasteiger partial charge in [-0.25, -0.2) is 0 Å². The molecule has 0 heterocycles. The fourth-order valence-corrected chi connectivity index (χ4v) is 2.06. The van der Waals surface area contributed by atoms with E-state index >= 15 is 0 Å². The van der Waals surface area contributed by atoms with Crippen molar-refractivity contribution >= 4 is 15.9 Å². The van der Waals surface area contributed by atoms with Crippen molar-refractivity contribution in [2.24, 2.45) is 17.8 Å². The largest absolute Gasteiger partial charge is 0.0843 e. The smallest absolute Gasteiger partial charge is 0.0353 e. The third-order valence-corrected chi connectivity index (χ3v) is 3.90. The molecule has 0 aromatic rings. The van der Waals surface area contributed by atoms with E-state index < -0.39 is 0 Å². The van der Waals surface area contributed by atoms with E-state index in [4.69, 9.17) is 0 Å². The number of allylic oxidation sites excluding steroid dienone is 2. The summed E-state index contributed by atoms with van der Waals surface area (Å²) in [5.41, 5.74) is 0. The van der Waals surface area contributed by atoms with Crippen molar-refractivity contribution < 1.29 is 0 Å². The first kappa shape index (κ1) is 8.32. The second-order valence-corrected chi connectivity index (χ2v) is 4.46. The van der Waals surface area contributed by atoms with Crippen LogP contribution < -0.4 is 0 Å². The van der Waals surface area contributed by atoms with Crippen LogP contribution in [0.4, 0.5) is 0 Å². The molecule has 0 radical (unpaired) electrons. The molecule has 0 nitrogen and oxygen atoms in total. The summed E-state index contributed by atoms with van der Waals surface area (Å²) in [4.78, 5) is 0.596. The van der Waals surface area contributed by atoms with E-state index in [0.29, 0.717) is 4.83 Å². The molecule has 1 aliphatic rings. The van der Waals surface area contributed by atoms with E-state index in [0.717, 1.165) is 17.8 Å². The molecule has 58 valence electrons. The Balaban J connectivity index is 2.69. The molecule has 1 aliphatic carbocycles. The SMILES string of the molecule is CC1C=CC(Br)C(C)C1C. The summed E-state index contributed by atoms with van der Waals surface area (Å²) < 4.78 is 0. The standard InChI is InChI=1S/C9H15Br/c1-6-4-5-9(10)8(3)7(6)2/h4-9H,1-3H3. The van der Waals surface area contributed by atoms with E-state index in [1.54, 1.807) is 0 Å². The Bertz CT molecular complexity index is 124. The van der Waals surface area contributed by atoms with Crippen LogP contribution in [0.3, 0.4) is 0 Å². The highest BCUT2D eigenvalue weighted by Gasteiger charge is 2.25. The maximum Gasteiger partial charge on any atom is 0.0353 e. The van der Waals surface area contributed by atoms with Crippen LogP contribution in [0.15, 0.2) is 12.2 Å². The molecule has 0 aromatic carbocycles. The lowest BCUT2D eigenvalue weighted by atomic mass is 9.79. The van der Waals surface area contributed by atoms with Crippen molar-refractivity contribution in [2.75, 3.05) is 0 Å². The van der Waals surface area contributed by atoms with E-state index in [-0.39, 0.29) is 0 Å². The van der Waals surface area contributed by atoms with E-state index in [1.807, 2.05) is 0 Å². The molecule has 0 saturated heterocycles. The predicted octanol–water partition coefficient (Wildman–Crippen LogP) is 3.23. The van der Waals surface area contributed by atoms with E-state index in [9.17, 15) is 0 Å². The van der Waals surface area contributed by atoms with Gasteiger partial charge in [0.25, 0.3) is 0 Å². The molecule has 4 unspecified atom stereocenters. The lowest BCUT2D eigenvalue weighted by molar-refractivity contribution is 0.314. The van der Waals surface area contributed by atoms with Crippen LogP contribution in [0.2, 0.25) is 0 Å². The zero-order valence-corrected chi connectivity index (χ0v) is 8.43. The summed E-state index contributed by atoms with van der Waals surface area (Å²) >= 11 is 3.63. The summed E-state index contributed by atoms with van der Waals surface area (Å²) in [6.45, 7) is 6.92. The van der Waals surface area contributed by atoms with Gasteiger partial charge >= 0.3 is 0 Å². The van der Waals surface area contributed by atoms with Gasteiger partial charge in [0.05, 0.1) is 0 Å². The van der Waals surface area contributed by atoms with Gasteiger partial charge in [-0.05, 0) is 17.8 Å². The molecular weight excluding hydrogens is 188 g/mol. The number of hydrogen-bond donors (Lipinski definition) is 0. The number of hydrogen-bond acceptors (Lipinski definition) is 0. The minimum atomic E-state index is 0.596. The molecule has 0 aromatic heterocycles. The van der Waals surface area contributed by atoms with Crippen molar-refractivity contribution in [3.63, 3.8) is 0 Å². The molecule has 4 atom stereocenters. The Kier molecular flexibility index (Phi) is 2.56. The van der Waals surface area contributed by atoms with Gasteiger partial charge in [0.1, 0.15) is 0 Å². The van der Waals surface area contributed by atoms with Gasteiger partial charge in [0.2, 0.25) is 0 Å². The van der Waals surface area contributed by atoms with Crippen molar-refractivity contribution in [1.29, 1.82) is 0 Å². The number of rotatable bonds is 0. The topological polar surface area (TPSA) is 0 Å². The zero-order valence-electron chi connectivity index (χ0n) is 6.84. The summed E-state index contributed by atoms with van der Waals surface area (Å²) in [5, 5.41) is 0. The Hall–Kier alpha value is 0.220. The molecule has 0 bridgehead atoms. The summed E-state index contributed by atoms with van der Waals surface area (Å²) in [6.07, 6.45) is 4.58. The highest BCUT2D eigenvalue weighted by atomic mass is 79.9. The van der Waals surface area contributed by atoms with Crippen LogP contribution in [0, 0.1) is 17.8 Å². The molecule has 1 rings (SSSR count). The van der Waals surface area contributed by atoms with Gasteiger partial charge in [-0.1, -0.05) is 48.9 Å². The number of alkyl halides is 1. The minimum absolute atomic E-state index is 0.596. The highest BCUT2D eigenvalue weighted by Crippen LogP contribution is 2.32. The summed E-state index contributed by atoms with van der Waals surface area (Å²) in [7, 11) is 0. The fourth-order valence-electron chi connectivity index (χ4n) is 1.40. The predicted molar refractivity (Wildman–Crippen MR) is 49.3 cm³/mol. The van der Waals surface area contributed by atoms with Crippen LogP contribution in [-0.4, -0.2) is 4.83 Å². The van der Waals surface area contributed by atoms with Gasteiger partial charge in [-0.3, -0.25) is 0 Å². The van der Waals surface area contributed by atoms with Crippen LogP contribution in [0.1, 0.15) is 20.8 Å². The third-order valence-electron chi connectivity index (χ3n) is 2.76. The maximum absolute atomic E-state index is 3.63. The Morgan fingerprint density at radius 1 is 1.00 bits per heavy atom. The van der Waals surface area contributed by atoms with Gasteiger partial charge < -0.3 is 0 Å². The van der Waals surface area contributed by atoms with Gasteiger partial charge in [0, 0.05) is 4.83 Å². The third kappa shape index (κ3) is 1.45. The first-order chi connectivity index (χ1) is 4.63. The zero-order chi connectivity index (χ0) is 7.72. The van der Waals surface area contributed by atoms with Crippen molar-refractivity contribution in [3.05, 3.63) is 12.2 Å². The van der Waals surface area contributed by atoms with Crippen molar-refractivity contribution in [2.45, 2.75) is 25.6 Å². The molecule has 0 fully saturated rings. The lowest BCUT2D eigenvalue weighted by Gasteiger charge is -2.30. The molecule has 0 spiro atoms. The molecule has 0 amide bonds. The summed E-state index contributed by atoms with van der Waals surface area (Å²) in [5.74, 6) is 2.35. The first-order valence-corrected chi connectivity index (χ1v) is 4.87. The average Bonchev–Trinajstić information content (AvgIpc) is 1.93. The van der Waals surface area contributed by atoms with E-state index in [2.05, 4.69) is 48.9 Å². The summed E-state index contributed by atoms with van der Waals surface area (Å²) in [6, 6.07) is 0. The normalized spacial score (nSPS) is 47.6. The molecule has 1 heteroatoms. The Labute approximate surface area is 71.8 Å². The monoisotopic (exact) mass is 202 g/mol. The van der Waals surface area contributed by atoms with Gasteiger partial charge in [0.15, 0.2) is 0 Å². The molecular formula is C9H15Br. The quantitative estimate of drug-likeness (QED) is 0.418. The van der Waals surface area contributed by atoms with E-state index in [1.165, 1.54) is 0 Å². The Morgan fingerprint density at radius 3 is 2.10 bits per heavy atom. The maximum atomic E-state index is 3.63. The van der Waals surface area contributed by atoms with Crippen LogP contribution in [0.5, 0.6) is 0 Å². The molecule has 0 N–H and O–H groups in total. The van der Waals surface area contributed by atoms with Crippen molar-refractivity contribution in [3.8, 4) is 0 Å². The molecule has 0 saturated carbocycles. The highest BCUT2D eigenvalue weighted by molar-refractivity contribution is 9.09. The Morgan fingerprint density at radius 2 is 1.60 bits per heavy atom. The minimum Gasteiger partial charge on any atom is -0.0843 e. The van der Waals surface area contributed by atoms with Gasteiger partial charge in [-0.15, -0.1) is 0 Å². The lowest BCUT2D eigenvalue weighted by Crippen LogP contribution is -2.25. The first-order valence-electron chi connectivity index (χ1n) is 3.95. The van der Waals surface area contributed by atoms with Crippen LogP contribution >= 0.6 is 15.9 Å². The average molecular weight is 203 g/mol. The van der Waals surface area contributed by atoms with Crippen molar-refractivity contribution in [1.82, 2.24) is 0 Å². The fraction of sp³-hybridized carbons (Fsp3) is 0.778. The van der Waals surface area contributed by atoms with Gasteiger partial charge in [-0.2, -0.15) is 0 Å². The van der Waals surface area contributed by atoms with Crippen LogP contribution in [0.25, 0.3) is 0 Å². The second-order valence-electron chi connectivity index (χ2n) is 3.41. The molecule has 0 aliphatic heterocycles.